The zero-order valence-electron chi connectivity index (χ0n) is 16.4. The van der Waals surface area contributed by atoms with Gasteiger partial charge < -0.3 is 19.7 Å². The molecule has 1 aromatic rings. The van der Waals surface area contributed by atoms with E-state index < -0.39 is 0 Å². The van der Waals surface area contributed by atoms with Crippen LogP contribution in [-0.2, 0) is 14.3 Å². The van der Waals surface area contributed by atoms with E-state index in [1.807, 2.05) is 20.0 Å². The molecule has 0 aliphatic carbocycles. The van der Waals surface area contributed by atoms with E-state index in [0.717, 1.165) is 51.5 Å². The number of aliphatic imine (C=N–C) groups is 1. The normalized spacial score (nSPS) is 24.1. The maximum atomic E-state index is 11.9. The highest BCUT2D eigenvalue weighted by atomic mass is 16.5. The largest absolute Gasteiger partial charge is 0.466 e. The van der Waals surface area contributed by atoms with Crippen LogP contribution in [0, 0.1) is 11.8 Å². The van der Waals surface area contributed by atoms with E-state index in [9.17, 15) is 4.79 Å². The van der Waals surface area contributed by atoms with Crippen molar-refractivity contribution in [3.8, 4) is 0 Å². The topological polar surface area (TPSA) is 63.2 Å². The first-order valence-electron chi connectivity index (χ1n) is 10.0. The van der Waals surface area contributed by atoms with Crippen LogP contribution in [0.2, 0.25) is 0 Å². The number of nitrogens with one attached hydrogen (secondary N) is 1. The second kappa shape index (κ2) is 9.74. The Morgan fingerprint density at radius 1 is 1.26 bits per heavy atom. The molecule has 2 heterocycles. The van der Waals surface area contributed by atoms with Crippen LogP contribution in [0.4, 0.5) is 0 Å². The molecule has 6 nitrogen and oxygen atoms in total. The number of piperidine rings is 1. The molecule has 148 valence electrons. The highest BCUT2D eigenvalue weighted by molar-refractivity contribution is 5.80. The lowest BCUT2D eigenvalue weighted by Crippen LogP contribution is -2.47. The van der Waals surface area contributed by atoms with Crippen molar-refractivity contribution >= 4 is 11.9 Å². The third kappa shape index (κ3) is 5.01. The van der Waals surface area contributed by atoms with Gasteiger partial charge in [0.25, 0.3) is 0 Å². The number of hydrogen-bond donors (Lipinski definition) is 1. The minimum Gasteiger partial charge on any atom is -0.466 e. The highest BCUT2D eigenvalue weighted by Crippen LogP contribution is 2.34. The number of esters is 1. The zero-order chi connectivity index (χ0) is 19.1. The van der Waals surface area contributed by atoms with E-state index in [1.54, 1.807) is 0 Å². The number of guanidine groups is 1. The number of carbonyl (C=O) groups is 1. The molecule has 0 bridgehead atoms. The minimum atomic E-state index is -0.0612. The Morgan fingerprint density at radius 2 is 2.00 bits per heavy atom. The Bertz CT molecular complexity index is 627. The van der Waals surface area contributed by atoms with Crippen molar-refractivity contribution in [1.29, 1.82) is 0 Å². The summed E-state index contributed by atoms with van der Waals surface area (Å²) in [6.07, 6.45) is 2.83. The van der Waals surface area contributed by atoms with E-state index in [-0.39, 0.29) is 18.0 Å². The van der Waals surface area contributed by atoms with Crippen molar-refractivity contribution in [1.82, 2.24) is 10.2 Å². The van der Waals surface area contributed by atoms with Crippen molar-refractivity contribution < 1.29 is 14.3 Å². The predicted octanol–water partition coefficient (Wildman–Crippen LogP) is 2.61. The molecule has 27 heavy (non-hydrogen) atoms. The van der Waals surface area contributed by atoms with Gasteiger partial charge >= 0.3 is 5.97 Å². The van der Waals surface area contributed by atoms with Gasteiger partial charge in [0, 0.05) is 39.2 Å². The molecule has 2 saturated heterocycles. The molecule has 0 amide bonds. The number of nitrogens with zero attached hydrogens (tertiary/aromatic N) is 2. The first kappa shape index (κ1) is 19.7. The summed E-state index contributed by atoms with van der Waals surface area (Å²) in [6, 6.07) is 10.4. The van der Waals surface area contributed by atoms with Crippen LogP contribution >= 0.6 is 0 Å². The Hall–Kier alpha value is -2.08. The van der Waals surface area contributed by atoms with Crippen LogP contribution in [-0.4, -0.2) is 56.7 Å². The second-order valence-electron chi connectivity index (χ2n) is 7.19. The lowest BCUT2D eigenvalue weighted by atomic mass is 9.95. The van der Waals surface area contributed by atoms with Crippen molar-refractivity contribution in [3.05, 3.63) is 35.9 Å². The number of carbonyl (C=O) groups excluding carboxylic acids is 1. The summed E-state index contributed by atoms with van der Waals surface area (Å²) in [6.45, 7) is 5.60. The van der Waals surface area contributed by atoms with Gasteiger partial charge in [-0.2, -0.15) is 0 Å². The van der Waals surface area contributed by atoms with Gasteiger partial charge in [-0.1, -0.05) is 30.3 Å². The molecule has 2 aliphatic rings. The molecule has 3 rings (SSSR count). The third-order valence-electron chi connectivity index (χ3n) is 5.49. The molecule has 0 saturated carbocycles. The highest BCUT2D eigenvalue weighted by Gasteiger charge is 2.31. The van der Waals surface area contributed by atoms with Gasteiger partial charge in [-0.3, -0.25) is 9.79 Å². The van der Waals surface area contributed by atoms with Crippen LogP contribution in [0.1, 0.15) is 37.9 Å². The standard InChI is InChI=1S/C21H31N3O3/c1-3-26-20(25)17-9-12-24(13-10-17)21(22-2)23-15-18-11-14-27-19(18)16-7-5-4-6-8-16/h4-8,17-19H,3,9-15H2,1-2H3,(H,22,23). The predicted molar refractivity (Wildman–Crippen MR) is 106 cm³/mol. The summed E-state index contributed by atoms with van der Waals surface area (Å²) in [4.78, 5) is 18.6. The van der Waals surface area contributed by atoms with Gasteiger partial charge in [0.2, 0.25) is 0 Å². The summed E-state index contributed by atoms with van der Waals surface area (Å²) >= 11 is 0. The van der Waals surface area contributed by atoms with Crippen LogP contribution < -0.4 is 5.32 Å². The fourth-order valence-corrected chi connectivity index (χ4v) is 4.00. The Kier molecular flexibility index (Phi) is 7.10. The Labute approximate surface area is 161 Å². The van der Waals surface area contributed by atoms with E-state index >= 15 is 0 Å². The minimum absolute atomic E-state index is 0.0185. The number of ether oxygens (including phenoxy) is 2. The Balaban J connectivity index is 1.50. The molecule has 6 heteroatoms. The second-order valence-corrected chi connectivity index (χ2v) is 7.19. The fourth-order valence-electron chi connectivity index (χ4n) is 4.00. The molecule has 2 aliphatic heterocycles. The SMILES string of the molecule is CCOC(=O)C1CCN(C(=NC)NCC2CCOC2c2ccccc2)CC1. The van der Waals surface area contributed by atoms with Crippen molar-refractivity contribution in [2.24, 2.45) is 16.8 Å². The lowest BCUT2D eigenvalue weighted by Gasteiger charge is -2.34. The molecule has 2 fully saturated rings. The monoisotopic (exact) mass is 373 g/mol. The molecule has 0 aromatic heterocycles. The third-order valence-corrected chi connectivity index (χ3v) is 5.49. The van der Waals surface area contributed by atoms with Gasteiger partial charge in [-0.15, -0.1) is 0 Å². The van der Waals surface area contributed by atoms with Crippen molar-refractivity contribution in [2.45, 2.75) is 32.3 Å². The number of rotatable bonds is 5. The molecule has 1 aromatic carbocycles. The van der Waals surface area contributed by atoms with E-state index in [4.69, 9.17) is 9.47 Å². The maximum Gasteiger partial charge on any atom is 0.309 e. The van der Waals surface area contributed by atoms with Crippen molar-refractivity contribution in [2.75, 3.05) is 39.9 Å². The quantitative estimate of drug-likeness (QED) is 0.488. The average Bonchev–Trinajstić information content (AvgIpc) is 3.18. The van der Waals surface area contributed by atoms with E-state index in [1.165, 1.54) is 5.56 Å². The maximum absolute atomic E-state index is 11.9. The smallest absolute Gasteiger partial charge is 0.309 e. The lowest BCUT2D eigenvalue weighted by molar-refractivity contribution is -0.149. The summed E-state index contributed by atoms with van der Waals surface area (Å²) in [5, 5.41) is 3.53. The van der Waals surface area contributed by atoms with Crippen LogP contribution in [0.25, 0.3) is 0 Å². The zero-order valence-corrected chi connectivity index (χ0v) is 16.4. The summed E-state index contributed by atoms with van der Waals surface area (Å²) < 4.78 is 11.1. The first-order valence-corrected chi connectivity index (χ1v) is 10.0. The first-order chi connectivity index (χ1) is 13.2. The Morgan fingerprint density at radius 3 is 2.67 bits per heavy atom. The molecule has 1 N–H and O–H groups in total. The molecule has 0 radical (unpaired) electrons. The van der Waals surface area contributed by atoms with Crippen LogP contribution in [0.3, 0.4) is 0 Å². The fraction of sp³-hybridized carbons (Fsp3) is 0.619. The van der Waals surface area contributed by atoms with Crippen LogP contribution in [0.15, 0.2) is 35.3 Å². The molecule has 2 unspecified atom stereocenters. The number of benzene rings is 1. The van der Waals surface area contributed by atoms with Gasteiger partial charge in [0.1, 0.15) is 0 Å². The van der Waals surface area contributed by atoms with Gasteiger partial charge in [-0.25, -0.2) is 0 Å². The molecule has 2 atom stereocenters. The summed E-state index contributed by atoms with van der Waals surface area (Å²) in [5.74, 6) is 1.30. The number of hydrogen-bond acceptors (Lipinski definition) is 4. The molecule has 0 spiro atoms. The number of likely N-dealkylation sites (tertiary alicyclic amines) is 1. The van der Waals surface area contributed by atoms with Crippen molar-refractivity contribution in [3.63, 3.8) is 0 Å². The van der Waals surface area contributed by atoms with E-state index in [2.05, 4.69) is 39.5 Å². The van der Waals surface area contributed by atoms with E-state index in [0.29, 0.717) is 12.5 Å². The summed E-state index contributed by atoms with van der Waals surface area (Å²) in [5.41, 5.74) is 1.24. The average molecular weight is 373 g/mol. The van der Waals surface area contributed by atoms with Crippen LogP contribution in [0.5, 0.6) is 0 Å². The summed E-state index contributed by atoms with van der Waals surface area (Å²) in [7, 11) is 1.82. The van der Waals surface area contributed by atoms with Gasteiger partial charge in [0.05, 0.1) is 18.6 Å². The molecular weight excluding hydrogens is 342 g/mol. The van der Waals surface area contributed by atoms with Gasteiger partial charge in [-0.05, 0) is 31.7 Å². The van der Waals surface area contributed by atoms with Gasteiger partial charge in [0.15, 0.2) is 5.96 Å². The molecular formula is C21H31N3O3.